The summed E-state index contributed by atoms with van der Waals surface area (Å²) in [6, 6.07) is 49.7. The Morgan fingerprint density at radius 2 is 1.12 bits per heavy atom. The highest BCUT2D eigenvalue weighted by Gasteiger charge is 2.38. The summed E-state index contributed by atoms with van der Waals surface area (Å²) in [4.78, 5) is 2.30. The van der Waals surface area contributed by atoms with Crippen LogP contribution in [0.5, 0.6) is 0 Å². The zero-order valence-corrected chi connectivity index (χ0v) is 23.1. The molecule has 0 saturated heterocycles. The molecule has 0 radical (unpaired) electrons. The van der Waals surface area contributed by atoms with Crippen LogP contribution >= 0.6 is 0 Å². The van der Waals surface area contributed by atoms with Gasteiger partial charge in [0.05, 0.1) is 0 Å². The molecule has 0 saturated carbocycles. The molecule has 0 N–H and O–H groups in total. The summed E-state index contributed by atoms with van der Waals surface area (Å²) in [6.07, 6.45) is 0. The minimum Gasteiger partial charge on any atom is -0.456 e. The van der Waals surface area contributed by atoms with Crippen LogP contribution in [0, 0.1) is 0 Å². The average molecular weight is 528 g/mol. The smallest absolute Gasteiger partial charge is 0.140 e. The van der Waals surface area contributed by atoms with Crippen molar-refractivity contribution >= 4 is 39.0 Å². The topological polar surface area (TPSA) is 16.4 Å². The van der Waals surface area contributed by atoms with E-state index in [1.807, 2.05) is 0 Å². The van der Waals surface area contributed by atoms with E-state index in [0.29, 0.717) is 0 Å². The molecule has 0 fully saturated rings. The zero-order chi connectivity index (χ0) is 27.6. The highest BCUT2D eigenvalue weighted by molar-refractivity contribution is 6.10. The van der Waals surface area contributed by atoms with Gasteiger partial charge in [0.15, 0.2) is 0 Å². The van der Waals surface area contributed by atoms with Crippen LogP contribution in [0.1, 0.15) is 25.0 Å². The molecule has 0 spiro atoms. The van der Waals surface area contributed by atoms with Crippen LogP contribution in [0.4, 0.5) is 17.1 Å². The Morgan fingerprint density at radius 1 is 0.512 bits per heavy atom. The van der Waals surface area contributed by atoms with E-state index in [1.165, 1.54) is 38.8 Å². The Balaban J connectivity index is 1.28. The molecule has 41 heavy (non-hydrogen) atoms. The van der Waals surface area contributed by atoms with Gasteiger partial charge in [-0.3, -0.25) is 0 Å². The number of fused-ring (bicyclic) bond motifs is 7. The first-order valence-corrected chi connectivity index (χ1v) is 14.2. The Kier molecular flexibility index (Phi) is 5.20. The van der Waals surface area contributed by atoms with E-state index >= 15 is 0 Å². The Hall–Kier alpha value is -5.08. The second kappa shape index (κ2) is 8.97. The second-order valence-electron chi connectivity index (χ2n) is 11.4. The van der Waals surface area contributed by atoms with Crippen LogP contribution in [0.15, 0.2) is 144 Å². The lowest BCUT2D eigenvalue weighted by Gasteiger charge is -2.25. The van der Waals surface area contributed by atoms with E-state index in [9.17, 15) is 0 Å². The third kappa shape index (κ3) is 3.64. The predicted molar refractivity (Wildman–Crippen MR) is 171 cm³/mol. The van der Waals surface area contributed by atoms with Gasteiger partial charge in [0.2, 0.25) is 0 Å². The van der Waals surface area contributed by atoms with Gasteiger partial charge in [-0.2, -0.15) is 0 Å². The number of rotatable bonds is 4. The second-order valence-corrected chi connectivity index (χ2v) is 11.4. The summed E-state index contributed by atoms with van der Waals surface area (Å²) in [5.41, 5.74) is 12.7. The maximum atomic E-state index is 6.77. The fourth-order valence-corrected chi connectivity index (χ4v) is 6.67. The number of furan rings is 1. The highest BCUT2D eigenvalue weighted by Crippen LogP contribution is 2.52. The molecule has 6 aromatic carbocycles. The number of hydrogen-bond acceptors (Lipinski definition) is 2. The molecular formula is C39H29NO. The summed E-state index contributed by atoms with van der Waals surface area (Å²) in [6.45, 7) is 4.62. The van der Waals surface area contributed by atoms with Gasteiger partial charge < -0.3 is 9.32 Å². The first-order valence-electron chi connectivity index (χ1n) is 14.2. The molecule has 0 amide bonds. The standard InChI is InChI=1S/C39H29NO/c1-39(2)35-16-10-9-15-31(35)33-23-24-34-32-22-21-30(25-36(32)41-38(34)37(33)39)40(28-13-7-4-8-14-28)29-19-17-27(18-20-29)26-11-5-3-6-12-26/h3-25H,1-2H3. The van der Waals surface area contributed by atoms with Gasteiger partial charge in [0.1, 0.15) is 11.2 Å². The van der Waals surface area contributed by atoms with Gasteiger partial charge in [0.25, 0.3) is 0 Å². The predicted octanol–water partition coefficient (Wildman–Crippen LogP) is 11.0. The number of hydrogen-bond donors (Lipinski definition) is 0. The van der Waals surface area contributed by atoms with Crippen molar-refractivity contribution in [3.05, 3.63) is 151 Å². The number of benzene rings is 6. The minimum atomic E-state index is -0.126. The molecule has 8 rings (SSSR count). The largest absolute Gasteiger partial charge is 0.456 e. The molecule has 7 aromatic rings. The molecule has 0 unspecified atom stereocenters. The Labute approximate surface area is 240 Å². The fourth-order valence-electron chi connectivity index (χ4n) is 6.67. The summed E-state index contributed by atoms with van der Waals surface area (Å²) in [7, 11) is 0. The van der Waals surface area contributed by atoms with Crippen molar-refractivity contribution in [3.63, 3.8) is 0 Å². The van der Waals surface area contributed by atoms with Crippen molar-refractivity contribution in [2.24, 2.45) is 0 Å². The molecule has 0 aliphatic heterocycles. The van der Waals surface area contributed by atoms with E-state index in [1.54, 1.807) is 0 Å². The van der Waals surface area contributed by atoms with Gasteiger partial charge in [-0.25, -0.2) is 0 Å². The summed E-state index contributed by atoms with van der Waals surface area (Å²) in [5.74, 6) is 0. The van der Waals surface area contributed by atoms with E-state index < -0.39 is 0 Å². The van der Waals surface area contributed by atoms with Crippen molar-refractivity contribution in [3.8, 4) is 22.3 Å². The lowest BCUT2D eigenvalue weighted by atomic mass is 9.82. The molecule has 1 aliphatic rings. The third-order valence-corrected chi connectivity index (χ3v) is 8.65. The Morgan fingerprint density at radius 3 is 1.90 bits per heavy atom. The van der Waals surface area contributed by atoms with Crippen LogP contribution in [-0.2, 0) is 5.41 Å². The zero-order valence-electron chi connectivity index (χ0n) is 23.1. The SMILES string of the molecule is CC1(C)c2ccccc2-c2ccc3c(oc4cc(N(c5ccccc5)c5ccc(-c6ccccc6)cc5)ccc43)c21. The van der Waals surface area contributed by atoms with E-state index in [-0.39, 0.29) is 5.41 Å². The van der Waals surface area contributed by atoms with Crippen LogP contribution < -0.4 is 4.90 Å². The fraction of sp³-hybridized carbons (Fsp3) is 0.0769. The highest BCUT2D eigenvalue weighted by atomic mass is 16.3. The van der Waals surface area contributed by atoms with Gasteiger partial charge in [-0.05, 0) is 70.3 Å². The maximum Gasteiger partial charge on any atom is 0.140 e. The molecule has 1 heterocycles. The molecule has 0 bridgehead atoms. The number of para-hydroxylation sites is 1. The molecule has 196 valence electrons. The van der Waals surface area contributed by atoms with Crippen LogP contribution in [-0.4, -0.2) is 0 Å². The van der Waals surface area contributed by atoms with Crippen LogP contribution in [0.25, 0.3) is 44.2 Å². The quantitative estimate of drug-likeness (QED) is 0.226. The summed E-state index contributed by atoms with van der Waals surface area (Å²) >= 11 is 0. The molecule has 1 aliphatic carbocycles. The van der Waals surface area contributed by atoms with Crippen molar-refractivity contribution < 1.29 is 4.42 Å². The molecule has 0 atom stereocenters. The first-order chi connectivity index (χ1) is 20.1. The van der Waals surface area contributed by atoms with E-state index in [0.717, 1.165) is 33.6 Å². The average Bonchev–Trinajstić information content (AvgIpc) is 3.50. The molecule has 1 aromatic heterocycles. The van der Waals surface area contributed by atoms with E-state index in [2.05, 4.69) is 158 Å². The van der Waals surface area contributed by atoms with Crippen molar-refractivity contribution in [1.82, 2.24) is 0 Å². The number of anilines is 3. The molecular weight excluding hydrogens is 498 g/mol. The minimum absolute atomic E-state index is 0.126. The lowest BCUT2D eigenvalue weighted by molar-refractivity contribution is 0.620. The normalized spacial score (nSPS) is 13.3. The summed E-state index contributed by atoms with van der Waals surface area (Å²) < 4.78 is 6.77. The van der Waals surface area contributed by atoms with Gasteiger partial charge >= 0.3 is 0 Å². The van der Waals surface area contributed by atoms with Crippen LogP contribution in [0.3, 0.4) is 0 Å². The van der Waals surface area contributed by atoms with Gasteiger partial charge in [0, 0.05) is 44.9 Å². The monoisotopic (exact) mass is 527 g/mol. The van der Waals surface area contributed by atoms with Crippen molar-refractivity contribution in [2.75, 3.05) is 4.90 Å². The van der Waals surface area contributed by atoms with Gasteiger partial charge in [-0.1, -0.05) is 105 Å². The van der Waals surface area contributed by atoms with Crippen LogP contribution in [0.2, 0.25) is 0 Å². The van der Waals surface area contributed by atoms with E-state index in [4.69, 9.17) is 4.42 Å². The van der Waals surface area contributed by atoms with Gasteiger partial charge in [-0.15, -0.1) is 0 Å². The number of nitrogens with zero attached hydrogens (tertiary/aromatic N) is 1. The molecule has 2 heteroatoms. The Bertz CT molecular complexity index is 2050. The lowest BCUT2D eigenvalue weighted by Crippen LogP contribution is -2.15. The van der Waals surface area contributed by atoms with Crippen molar-refractivity contribution in [1.29, 1.82) is 0 Å². The van der Waals surface area contributed by atoms with Crippen molar-refractivity contribution in [2.45, 2.75) is 19.3 Å². The summed E-state index contributed by atoms with van der Waals surface area (Å²) in [5, 5.41) is 2.32. The third-order valence-electron chi connectivity index (χ3n) is 8.65. The molecule has 2 nitrogen and oxygen atoms in total. The maximum absolute atomic E-state index is 6.77. The first kappa shape index (κ1) is 23.8.